The van der Waals surface area contributed by atoms with Crippen molar-refractivity contribution in [1.29, 1.82) is 0 Å². The van der Waals surface area contributed by atoms with Gasteiger partial charge in [0.05, 0.1) is 0 Å². The summed E-state index contributed by atoms with van der Waals surface area (Å²) in [4.78, 5) is 24.5. The Morgan fingerprint density at radius 3 is 2.50 bits per heavy atom. The summed E-state index contributed by atoms with van der Waals surface area (Å²) in [5.74, 6) is -1.87. The van der Waals surface area contributed by atoms with Crippen molar-refractivity contribution in [2.24, 2.45) is 0 Å². The Hall–Kier alpha value is -1.91. The highest BCUT2D eigenvalue weighted by atomic mass is 19.1. The fourth-order valence-corrected chi connectivity index (χ4v) is 1.79. The van der Waals surface area contributed by atoms with Gasteiger partial charge in [-0.25, -0.2) is 9.18 Å². The van der Waals surface area contributed by atoms with Gasteiger partial charge >= 0.3 is 5.97 Å². The average Bonchev–Trinajstić information content (AvgIpc) is 2.37. The highest BCUT2D eigenvalue weighted by Crippen LogP contribution is 2.23. The summed E-state index contributed by atoms with van der Waals surface area (Å²) in [5, 5.41) is 9.10. The van der Waals surface area contributed by atoms with Gasteiger partial charge in [-0.3, -0.25) is 4.79 Å². The van der Waals surface area contributed by atoms with Crippen LogP contribution in [0.5, 0.6) is 0 Å². The van der Waals surface area contributed by atoms with Crippen molar-refractivity contribution in [3.8, 4) is 0 Å². The van der Waals surface area contributed by atoms with Gasteiger partial charge in [0.15, 0.2) is 0 Å². The summed E-state index contributed by atoms with van der Waals surface area (Å²) >= 11 is 0. The van der Waals surface area contributed by atoms with Crippen LogP contribution in [-0.4, -0.2) is 34.5 Å². The Kier molecular flexibility index (Phi) is 4.87. The number of carbonyl (C=O) groups excluding carboxylic acids is 1. The number of rotatable bonds is 5. The van der Waals surface area contributed by atoms with Gasteiger partial charge in [0.25, 0.3) is 0 Å². The maximum Gasteiger partial charge on any atom is 0.329 e. The van der Waals surface area contributed by atoms with E-state index in [2.05, 4.69) is 0 Å². The number of carboxylic acids is 1. The highest BCUT2D eigenvalue weighted by molar-refractivity contribution is 5.86. The molecular formula is C15H20FNO3. The smallest absolute Gasteiger partial charge is 0.329 e. The molecule has 110 valence electrons. The second-order valence-electron chi connectivity index (χ2n) is 5.48. The maximum atomic E-state index is 13.1. The molecular weight excluding hydrogens is 261 g/mol. The van der Waals surface area contributed by atoms with E-state index in [4.69, 9.17) is 5.11 Å². The average molecular weight is 281 g/mol. The minimum atomic E-state index is -1.27. The highest BCUT2D eigenvalue weighted by Gasteiger charge is 2.35. The molecule has 1 N–H and O–H groups in total. The molecule has 1 unspecified atom stereocenters. The minimum Gasteiger partial charge on any atom is -0.480 e. The van der Waals surface area contributed by atoms with E-state index in [1.807, 2.05) is 6.92 Å². The van der Waals surface area contributed by atoms with E-state index in [0.29, 0.717) is 0 Å². The molecule has 5 heteroatoms. The van der Waals surface area contributed by atoms with E-state index in [1.54, 1.807) is 12.1 Å². The third-order valence-corrected chi connectivity index (χ3v) is 3.63. The van der Waals surface area contributed by atoms with Crippen molar-refractivity contribution in [1.82, 2.24) is 4.90 Å². The zero-order valence-electron chi connectivity index (χ0n) is 12.2. The monoisotopic (exact) mass is 281 g/mol. The molecule has 4 nitrogen and oxygen atoms in total. The lowest BCUT2D eigenvalue weighted by molar-refractivity contribution is -0.155. The molecule has 1 amide bonds. The number of aliphatic carboxylic acids is 1. The molecule has 20 heavy (non-hydrogen) atoms. The normalized spacial score (nSPS) is 12.8. The molecule has 0 bridgehead atoms. The minimum absolute atomic E-state index is 0.136. The van der Waals surface area contributed by atoms with Crippen LogP contribution in [0.4, 0.5) is 4.39 Å². The molecule has 1 aromatic rings. The zero-order chi connectivity index (χ0) is 15.5. The van der Waals surface area contributed by atoms with Crippen LogP contribution in [0, 0.1) is 5.82 Å². The lowest BCUT2D eigenvalue weighted by Gasteiger charge is -2.32. The van der Waals surface area contributed by atoms with Gasteiger partial charge in [0, 0.05) is 13.5 Å². The van der Waals surface area contributed by atoms with E-state index in [-0.39, 0.29) is 24.1 Å². The molecule has 0 aromatic heterocycles. The van der Waals surface area contributed by atoms with Crippen molar-refractivity contribution in [3.05, 3.63) is 35.6 Å². The van der Waals surface area contributed by atoms with Crippen LogP contribution in [-0.2, 0) is 9.59 Å². The van der Waals surface area contributed by atoms with Crippen LogP contribution in [0.1, 0.15) is 38.7 Å². The topological polar surface area (TPSA) is 57.6 Å². The lowest BCUT2D eigenvalue weighted by atomic mass is 9.95. The van der Waals surface area contributed by atoms with Crippen LogP contribution < -0.4 is 0 Å². The molecule has 0 aliphatic heterocycles. The fraction of sp³-hybridized carbons (Fsp3) is 0.467. The number of benzene rings is 1. The van der Waals surface area contributed by atoms with E-state index in [0.717, 1.165) is 5.56 Å². The van der Waals surface area contributed by atoms with Crippen LogP contribution >= 0.6 is 0 Å². The first-order valence-electron chi connectivity index (χ1n) is 6.41. The first-order valence-corrected chi connectivity index (χ1v) is 6.41. The number of hydrogen-bond donors (Lipinski definition) is 1. The van der Waals surface area contributed by atoms with Crippen LogP contribution in [0.25, 0.3) is 0 Å². The van der Waals surface area contributed by atoms with Gasteiger partial charge in [0.2, 0.25) is 5.91 Å². The summed E-state index contributed by atoms with van der Waals surface area (Å²) in [6.45, 7) is 4.76. The zero-order valence-corrected chi connectivity index (χ0v) is 12.2. The second-order valence-corrected chi connectivity index (χ2v) is 5.48. The molecule has 1 atom stereocenters. The molecule has 0 heterocycles. The SMILES string of the molecule is CC(CC(=O)N(C)C(C)(C)C(=O)O)c1cccc(F)c1. The van der Waals surface area contributed by atoms with Crippen molar-refractivity contribution in [2.75, 3.05) is 7.05 Å². The number of carboxylic acid groups (broad SMARTS) is 1. The van der Waals surface area contributed by atoms with E-state index in [9.17, 15) is 14.0 Å². The molecule has 0 saturated carbocycles. The molecule has 0 aliphatic rings. The molecule has 1 aromatic carbocycles. The fourth-order valence-electron chi connectivity index (χ4n) is 1.79. The number of halogens is 1. The Morgan fingerprint density at radius 1 is 1.40 bits per heavy atom. The molecule has 0 aliphatic carbocycles. The van der Waals surface area contributed by atoms with Gasteiger partial charge < -0.3 is 10.0 Å². The van der Waals surface area contributed by atoms with Crippen molar-refractivity contribution < 1.29 is 19.1 Å². The molecule has 0 radical (unpaired) electrons. The lowest BCUT2D eigenvalue weighted by Crippen LogP contribution is -2.50. The van der Waals surface area contributed by atoms with Crippen molar-refractivity contribution in [2.45, 2.75) is 38.6 Å². The quantitative estimate of drug-likeness (QED) is 0.902. The Labute approximate surface area is 118 Å². The Balaban J connectivity index is 2.78. The summed E-state index contributed by atoms with van der Waals surface area (Å²) in [5.41, 5.74) is -0.543. The number of likely N-dealkylation sites (N-methyl/N-ethyl adjacent to an activating group) is 1. The summed E-state index contributed by atoms with van der Waals surface area (Å²) in [6, 6.07) is 6.08. The van der Waals surface area contributed by atoms with E-state index in [1.165, 1.54) is 37.9 Å². The Bertz CT molecular complexity index is 514. The third kappa shape index (κ3) is 3.56. The molecule has 0 spiro atoms. The van der Waals surface area contributed by atoms with Crippen molar-refractivity contribution >= 4 is 11.9 Å². The standard InChI is InChI=1S/C15H20FNO3/c1-10(11-6-5-7-12(16)9-11)8-13(18)17(4)15(2,3)14(19)20/h5-7,9-10H,8H2,1-4H3,(H,19,20). The first kappa shape index (κ1) is 16.1. The van der Waals surface area contributed by atoms with Crippen LogP contribution in [0.2, 0.25) is 0 Å². The van der Waals surface area contributed by atoms with Gasteiger partial charge in [0.1, 0.15) is 11.4 Å². The van der Waals surface area contributed by atoms with Gasteiger partial charge in [-0.15, -0.1) is 0 Å². The Morgan fingerprint density at radius 2 is 2.00 bits per heavy atom. The van der Waals surface area contributed by atoms with Crippen molar-refractivity contribution in [3.63, 3.8) is 0 Å². The van der Waals surface area contributed by atoms with E-state index < -0.39 is 11.5 Å². The predicted molar refractivity (Wildman–Crippen MR) is 73.9 cm³/mol. The molecule has 0 fully saturated rings. The summed E-state index contributed by atoms with van der Waals surface area (Å²) in [7, 11) is 1.47. The molecule has 1 rings (SSSR count). The van der Waals surface area contributed by atoms with Gasteiger partial charge in [-0.05, 0) is 37.5 Å². The number of nitrogens with zero attached hydrogens (tertiary/aromatic N) is 1. The van der Waals surface area contributed by atoms with Gasteiger partial charge in [-0.1, -0.05) is 19.1 Å². The van der Waals surface area contributed by atoms with Crippen LogP contribution in [0.3, 0.4) is 0 Å². The maximum absolute atomic E-state index is 13.1. The van der Waals surface area contributed by atoms with E-state index >= 15 is 0 Å². The molecule has 0 saturated heterocycles. The number of amides is 1. The summed E-state index contributed by atoms with van der Waals surface area (Å²) < 4.78 is 13.1. The third-order valence-electron chi connectivity index (χ3n) is 3.63. The number of carbonyl (C=O) groups is 2. The van der Waals surface area contributed by atoms with Gasteiger partial charge in [-0.2, -0.15) is 0 Å². The first-order chi connectivity index (χ1) is 9.16. The summed E-state index contributed by atoms with van der Waals surface area (Å²) in [6.07, 6.45) is 0.136. The van der Waals surface area contributed by atoms with Crippen LogP contribution in [0.15, 0.2) is 24.3 Å². The second kappa shape index (κ2) is 6.03. The largest absolute Gasteiger partial charge is 0.480 e. The number of hydrogen-bond acceptors (Lipinski definition) is 2. The predicted octanol–water partition coefficient (Wildman–Crippen LogP) is 2.64.